The van der Waals surface area contributed by atoms with Gasteiger partial charge in [0.15, 0.2) is 0 Å². The Morgan fingerprint density at radius 3 is 2.94 bits per heavy atom. The van der Waals surface area contributed by atoms with Crippen LogP contribution in [0.3, 0.4) is 0 Å². The van der Waals surface area contributed by atoms with Gasteiger partial charge in [0.1, 0.15) is 0 Å². The van der Waals surface area contributed by atoms with Gasteiger partial charge in [-0.05, 0) is 52.1 Å². The molecule has 0 radical (unpaired) electrons. The number of hydrogen-bond donors (Lipinski definition) is 1. The van der Waals surface area contributed by atoms with Crippen molar-refractivity contribution in [2.24, 2.45) is 5.92 Å². The summed E-state index contributed by atoms with van der Waals surface area (Å²) in [6.45, 7) is 13.2. The largest absolute Gasteiger partial charge is 0.382 e. The Morgan fingerprint density at radius 1 is 1.39 bits per heavy atom. The summed E-state index contributed by atoms with van der Waals surface area (Å²) >= 11 is 0. The van der Waals surface area contributed by atoms with Crippen molar-refractivity contribution in [3.8, 4) is 0 Å². The van der Waals surface area contributed by atoms with Crippen LogP contribution >= 0.6 is 0 Å². The van der Waals surface area contributed by atoms with Crippen molar-refractivity contribution in [2.75, 3.05) is 39.4 Å². The minimum absolute atomic E-state index is 0.673. The Balaban J connectivity index is 2.06. The molecule has 108 valence electrons. The fourth-order valence-electron chi connectivity index (χ4n) is 2.71. The summed E-state index contributed by atoms with van der Waals surface area (Å²) in [5, 5.41) is 3.55. The van der Waals surface area contributed by atoms with Gasteiger partial charge in [-0.2, -0.15) is 0 Å². The molecule has 0 bridgehead atoms. The molecule has 3 nitrogen and oxygen atoms in total. The summed E-state index contributed by atoms with van der Waals surface area (Å²) in [7, 11) is 0. The smallest absolute Gasteiger partial charge is 0.0477 e. The van der Waals surface area contributed by atoms with Gasteiger partial charge in [0.05, 0.1) is 0 Å². The van der Waals surface area contributed by atoms with Crippen LogP contribution in [0.4, 0.5) is 0 Å². The van der Waals surface area contributed by atoms with Crippen molar-refractivity contribution in [3.05, 3.63) is 0 Å². The first kappa shape index (κ1) is 15.9. The maximum absolute atomic E-state index is 5.34. The summed E-state index contributed by atoms with van der Waals surface area (Å²) in [4.78, 5) is 2.66. The number of likely N-dealkylation sites (tertiary alicyclic amines) is 1. The van der Waals surface area contributed by atoms with E-state index in [4.69, 9.17) is 4.74 Å². The highest BCUT2D eigenvalue weighted by Crippen LogP contribution is 2.20. The molecule has 1 aliphatic heterocycles. The van der Waals surface area contributed by atoms with Crippen molar-refractivity contribution in [1.82, 2.24) is 10.2 Å². The summed E-state index contributed by atoms with van der Waals surface area (Å²) in [6.07, 6.45) is 5.28. The van der Waals surface area contributed by atoms with Crippen LogP contribution in [0.25, 0.3) is 0 Å². The predicted octanol–water partition coefficient (Wildman–Crippen LogP) is 2.51. The first-order chi connectivity index (χ1) is 8.77. The fraction of sp³-hybridized carbons (Fsp3) is 1.00. The molecule has 1 rings (SSSR count). The zero-order valence-electron chi connectivity index (χ0n) is 12.6. The minimum Gasteiger partial charge on any atom is -0.382 e. The Labute approximate surface area is 113 Å². The fourth-order valence-corrected chi connectivity index (χ4v) is 2.71. The second-order valence-electron chi connectivity index (χ2n) is 5.52. The summed E-state index contributed by atoms with van der Waals surface area (Å²) in [5.74, 6) is 0.930. The van der Waals surface area contributed by atoms with E-state index in [0.717, 1.165) is 38.6 Å². The Hall–Kier alpha value is -0.120. The first-order valence-electron chi connectivity index (χ1n) is 7.80. The topological polar surface area (TPSA) is 24.5 Å². The number of ether oxygens (including phenoxy) is 1. The van der Waals surface area contributed by atoms with E-state index in [0.29, 0.717) is 6.04 Å². The zero-order chi connectivity index (χ0) is 13.2. The average molecular weight is 256 g/mol. The quantitative estimate of drug-likeness (QED) is 0.642. The van der Waals surface area contributed by atoms with Gasteiger partial charge < -0.3 is 10.1 Å². The Bertz CT molecular complexity index is 199. The molecule has 18 heavy (non-hydrogen) atoms. The predicted molar refractivity (Wildman–Crippen MR) is 78.0 cm³/mol. The number of piperidine rings is 1. The molecule has 2 unspecified atom stereocenters. The van der Waals surface area contributed by atoms with E-state index in [1.165, 1.54) is 32.4 Å². The highest BCUT2D eigenvalue weighted by Gasteiger charge is 2.21. The van der Waals surface area contributed by atoms with Crippen molar-refractivity contribution < 1.29 is 4.74 Å². The van der Waals surface area contributed by atoms with Gasteiger partial charge in [0, 0.05) is 32.3 Å². The lowest BCUT2D eigenvalue weighted by molar-refractivity contribution is 0.125. The van der Waals surface area contributed by atoms with Crippen LogP contribution in [-0.4, -0.2) is 50.3 Å². The number of rotatable bonds is 9. The van der Waals surface area contributed by atoms with Crippen molar-refractivity contribution in [3.63, 3.8) is 0 Å². The normalized spacial score (nSPS) is 23.2. The van der Waals surface area contributed by atoms with Crippen LogP contribution in [0.5, 0.6) is 0 Å². The molecule has 0 aliphatic carbocycles. The molecule has 0 aromatic carbocycles. The Kier molecular flexibility index (Phi) is 8.64. The molecule has 1 saturated heterocycles. The van der Waals surface area contributed by atoms with E-state index in [9.17, 15) is 0 Å². The van der Waals surface area contributed by atoms with Gasteiger partial charge in [0.25, 0.3) is 0 Å². The Morgan fingerprint density at radius 2 is 2.22 bits per heavy atom. The molecule has 2 atom stereocenters. The SMILES string of the molecule is CCOCCCNCC(C)N1CCCC(CC)C1. The standard InChI is InChI=1S/C15H32N2O/c1-4-15-8-6-10-17(13-15)14(3)12-16-9-7-11-18-5-2/h14-16H,4-13H2,1-3H3. The third kappa shape index (κ3) is 6.17. The van der Waals surface area contributed by atoms with Gasteiger partial charge >= 0.3 is 0 Å². The lowest BCUT2D eigenvalue weighted by Crippen LogP contribution is -2.45. The lowest BCUT2D eigenvalue weighted by atomic mass is 9.95. The molecule has 0 aromatic heterocycles. The molecule has 0 aromatic rings. The third-order valence-corrected chi connectivity index (χ3v) is 4.04. The summed E-state index contributed by atoms with van der Waals surface area (Å²) in [5.41, 5.74) is 0. The molecule has 0 saturated carbocycles. The first-order valence-corrected chi connectivity index (χ1v) is 7.80. The van der Waals surface area contributed by atoms with E-state index in [1.807, 2.05) is 0 Å². The van der Waals surface area contributed by atoms with E-state index < -0.39 is 0 Å². The van der Waals surface area contributed by atoms with Crippen molar-refractivity contribution >= 4 is 0 Å². The van der Waals surface area contributed by atoms with Crippen molar-refractivity contribution in [1.29, 1.82) is 0 Å². The van der Waals surface area contributed by atoms with Crippen molar-refractivity contribution in [2.45, 2.75) is 52.5 Å². The molecule has 1 aliphatic rings. The van der Waals surface area contributed by atoms with Crippen LogP contribution in [0.1, 0.15) is 46.5 Å². The number of nitrogens with zero attached hydrogens (tertiary/aromatic N) is 1. The molecule has 1 fully saturated rings. The zero-order valence-corrected chi connectivity index (χ0v) is 12.6. The molecule has 0 spiro atoms. The van der Waals surface area contributed by atoms with Crippen LogP contribution in [0.15, 0.2) is 0 Å². The lowest BCUT2D eigenvalue weighted by Gasteiger charge is -2.36. The molecule has 0 amide bonds. The van der Waals surface area contributed by atoms with Gasteiger partial charge in [-0.1, -0.05) is 13.3 Å². The summed E-state index contributed by atoms with van der Waals surface area (Å²) in [6, 6.07) is 0.673. The van der Waals surface area contributed by atoms with E-state index in [2.05, 4.69) is 31.0 Å². The molecular weight excluding hydrogens is 224 g/mol. The molecule has 1 N–H and O–H groups in total. The minimum atomic E-state index is 0.673. The molecular formula is C15H32N2O. The highest BCUT2D eigenvalue weighted by atomic mass is 16.5. The summed E-state index contributed by atoms with van der Waals surface area (Å²) < 4.78 is 5.34. The van der Waals surface area contributed by atoms with Gasteiger partial charge in [0.2, 0.25) is 0 Å². The number of hydrogen-bond acceptors (Lipinski definition) is 3. The van der Waals surface area contributed by atoms with Gasteiger partial charge in [-0.15, -0.1) is 0 Å². The van der Waals surface area contributed by atoms with Crippen LogP contribution in [0.2, 0.25) is 0 Å². The molecule has 1 heterocycles. The third-order valence-electron chi connectivity index (χ3n) is 4.04. The monoisotopic (exact) mass is 256 g/mol. The van der Waals surface area contributed by atoms with Crippen LogP contribution < -0.4 is 5.32 Å². The highest BCUT2D eigenvalue weighted by molar-refractivity contribution is 4.77. The van der Waals surface area contributed by atoms with Gasteiger partial charge in [-0.3, -0.25) is 4.90 Å². The maximum Gasteiger partial charge on any atom is 0.0477 e. The van der Waals surface area contributed by atoms with Gasteiger partial charge in [-0.25, -0.2) is 0 Å². The van der Waals surface area contributed by atoms with Crippen LogP contribution in [0, 0.1) is 5.92 Å². The van der Waals surface area contributed by atoms with E-state index >= 15 is 0 Å². The second-order valence-corrected chi connectivity index (χ2v) is 5.52. The average Bonchev–Trinajstić information content (AvgIpc) is 2.42. The molecule has 3 heteroatoms. The maximum atomic E-state index is 5.34. The number of nitrogens with one attached hydrogen (secondary N) is 1. The van der Waals surface area contributed by atoms with E-state index in [-0.39, 0.29) is 0 Å². The second kappa shape index (κ2) is 9.76. The van der Waals surface area contributed by atoms with E-state index in [1.54, 1.807) is 0 Å². The van der Waals surface area contributed by atoms with Crippen LogP contribution in [-0.2, 0) is 4.74 Å².